The molecular weight excluding hydrogens is 317 g/mol. The molecule has 0 spiro atoms. The first-order valence-corrected chi connectivity index (χ1v) is 6.46. The third-order valence-electron chi connectivity index (χ3n) is 2.37. The van der Waals surface area contributed by atoms with Gasteiger partial charge < -0.3 is 9.47 Å². The maximum Gasteiger partial charge on any atom is 0.249 e. The highest BCUT2D eigenvalue weighted by Crippen LogP contribution is 2.26. The molecule has 0 saturated heterocycles. The molecule has 21 heavy (non-hydrogen) atoms. The summed E-state index contributed by atoms with van der Waals surface area (Å²) < 4.78 is 10.3. The van der Waals surface area contributed by atoms with Gasteiger partial charge in [-0.2, -0.15) is 20.1 Å². The predicted octanol–water partition coefficient (Wildman–Crippen LogP) is 2.64. The average Bonchev–Trinajstić information content (AvgIpc) is 2.46. The number of benzene rings is 1. The molecule has 110 valence electrons. The lowest BCUT2D eigenvalue weighted by molar-refractivity contribution is 0.355. The molecule has 2 rings (SSSR count). The molecule has 0 aliphatic heterocycles. The second kappa shape index (κ2) is 7.05. The molecule has 0 aliphatic carbocycles. The first-order chi connectivity index (χ1) is 10.1. The number of hydrazone groups is 1. The van der Waals surface area contributed by atoms with Gasteiger partial charge in [0.15, 0.2) is 11.5 Å². The average molecular weight is 328 g/mol. The third kappa shape index (κ3) is 4.17. The van der Waals surface area contributed by atoms with E-state index in [9.17, 15) is 0 Å². The van der Waals surface area contributed by atoms with Crippen molar-refractivity contribution in [1.29, 1.82) is 0 Å². The summed E-state index contributed by atoms with van der Waals surface area (Å²) in [6, 6.07) is 5.37. The molecule has 0 fully saturated rings. The summed E-state index contributed by atoms with van der Waals surface area (Å²) in [4.78, 5) is 11.3. The number of nitrogens with one attached hydrogen (secondary N) is 1. The van der Waals surface area contributed by atoms with Gasteiger partial charge in [-0.25, -0.2) is 5.43 Å². The Bertz CT molecular complexity index is 646. The second-order valence-corrected chi connectivity index (χ2v) is 4.36. The number of halogens is 2. The van der Waals surface area contributed by atoms with Crippen molar-refractivity contribution in [1.82, 2.24) is 15.0 Å². The molecule has 1 heterocycles. The normalized spacial score (nSPS) is 10.7. The number of hydrogen-bond acceptors (Lipinski definition) is 7. The van der Waals surface area contributed by atoms with Gasteiger partial charge in [-0.05, 0) is 47.0 Å². The van der Waals surface area contributed by atoms with Crippen LogP contribution in [0, 0.1) is 0 Å². The van der Waals surface area contributed by atoms with Gasteiger partial charge in [0.25, 0.3) is 0 Å². The third-order valence-corrected chi connectivity index (χ3v) is 2.70. The lowest BCUT2D eigenvalue weighted by Crippen LogP contribution is -1.99. The van der Waals surface area contributed by atoms with Crippen LogP contribution in [-0.4, -0.2) is 35.4 Å². The van der Waals surface area contributed by atoms with E-state index in [0.29, 0.717) is 11.5 Å². The SMILES string of the molecule is COc1ccc(/C=N/Nc2nc(Cl)nc(Cl)n2)cc1OC. The summed E-state index contributed by atoms with van der Waals surface area (Å²) in [5.41, 5.74) is 3.40. The molecule has 0 unspecified atom stereocenters. The largest absolute Gasteiger partial charge is 0.493 e. The van der Waals surface area contributed by atoms with Crippen molar-refractivity contribution in [3.05, 3.63) is 34.3 Å². The van der Waals surface area contributed by atoms with E-state index in [2.05, 4.69) is 25.5 Å². The number of nitrogens with zero attached hydrogens (tertiary/aromatic N) is 4. The van der Waals surface area contributed by atoms with E-state index < -0.39 is 0 Å². The highest BCUT2D eigenvalue weighted by molar-refractivity contribution is 6.31. The first kappa shape index (κ1) is 15.3. The lowest BCUT2D eigenvalue weighted by Gasteiger charge is -2.07. The van der Waals surface area contributed by atoms with Gasteiger partial charge >= 0.3 is 0 Å². The molecule has 0 aliphatic rings. The maximum atomic E-state index is 5.65. The van der Waals surface area contributed by atoms with Crippen LogP contribution in [0.25, 0.3) is 0 Å². The Morgan fingerprint density at radius 3 is 2.33 bits per heavy atom. The van der Waals surface area contributed by atoms with Crippen molar-refractivity contribution in [3.63, 3.8) is 0 Å². The molecule has 1 N–H and O–H groups in total. The van der Waals surface area contributed by atoms with Crippen LogP contribution in [0.4, 0.5) is 5.95 Å². The number of hydrogen-bond donors (Lipinski definition) is 1. The van der Waals surface area contributed by atoms with Crippen molar-refractivity contribution in [2.75, 3.05) is 19.6 Å². The van der Waals surface area contributed by atoms with E-state index in [4.69, 9.17) is 32.7 Å². The quantitative estimate of drug-likeness (QED) is 0.671. The Kier molecular flexibility index (Phi) is 5.13. The zero-order valence-corrected chi connectivity index (χ0v) is 12.7. The van der Waals surface area contributed by atoms with Crippen molar-refractivity contribution < 1.29 is 9.47 Å². The van der Waals surface area contributed by atoms with Gasteiger partial charge in [0, 0.05) is 0 Å². The number of anilines is 1. The van der Waals surface area contributed by atoms with Gasteiger partial charge in [-0.15, -0.1) is 0 Å². The minimum absolute atomic E-state index is 0.0150. The number of aromatic nitrogens is 3. The smallest absolute Gasteiger partial charge is 0.249 e. The van der Waals surface area contributed by atoms with E-state index in [1.165, 1.54) is 0 Å². The standard InChI is InChI=1S/C12H11Cl2N5O2/c1-20-8-4-3-7(5-9(8)21-2)6-15-19-12-17-10(13)16-11(14)18-12/h3-6H,1-2H3,(H,16,17,18,19)/b15-6+. The highest BCUT2D eigenvalue weighted by atomic mass is 35.5. The summed E-state index contributed by atoms with van der Waals surface area (Å²) in [6.45, 7) is 0. The van der Waals surface area contributed by atoms with Gasteiger partial charge in [-0.3, -0.25) is 0 Å². The van der Waals surface area contributed by atoms with Crippen molar-refractivity contribution >= 4 is 35.4 Å². The van der Waals surface area contributed by atoms with Crippen LogP contribution in [0.15, 0.2) is 23.3 Å². The van der Waals surface area contributed by atoms with Crippen LogP contribution in [0.1, 0.15) is 5.56 Å². The van der Waals surface area contributed by atoms with Crippen LogP contribution in [-0.2, 0) is 0 Å². The first-order valence-electron chi connectivity index (χ1n) is 5.70. The Balaban J connectivity index is 2.10. The van der Waals surface area contributed by atoms with Gasteiger partial charge in [-0.1, -0.05) is 0 Å². The van der Waals surface area contributed by atoms with Crippen molar-refractivity contribution in [2.45, 2.75) is 0 Å². The van der Waals surface area contributed by atoms with Crippen LogP contribution in [0.5, 0.6) is 11.5 Å². The topological polar surface area (TPSA) is 81.5 Å². The highest BCUT2D eigenvalue weighted by Gasteiger charge is 2.04. The van der Waals surface area contributed by atoms with Crippen molar-refractivity contribution in [3.8, 4) is 11.5 Å². The van der Waals surface area contributed by atoms with E-state index in [-0.39, 0.29) is 16.5 Å². The van der Waals surface area contributed by atoms with E-state index in [1.807, 2.05) is 6.07 Å². The fourth-order valence-corrected chi connectivity index (χ4v) is 1.84. The zero-order chi connectivity index (χ0) is 15.2. The lowest BCUT2D eigenvalue weighted by atomic mass is 10.2. The van der Waals surface area contributed by atoms with E-state index in [0.717, 1.165) is 5.56 Å². The number of methoxy groups -OCH3 is 2. The minimum atomic E-state index is -0.0150. The maximum absolute atomic E-state index is 5.65. The fourth-order valence-electron chi connectivity index (χ4n) is 1.47. The monoisotopic (exact) mass is 327 g/mol. The fraction of sp³-hybridized carbons (Fsp3) is 0.167. The molecule has 0 saturated carbocycles. The predicted molar refractivity (Wildman–Crippen MR) is 80.6 cm³/mol. The summed E-state index contributed by atoms with van der Waals surface area (Å²) >= 11 is 11.3. The second-order valence-electron chi connectivity index (χ2n) is 3.68. The number of rotatable bonds is 5. The summed E-state index contributed by atoms with van der Waals surface area (Å²) in [7, 11) is 3.13. The molecule has 2 aromatic rings. The molecule has 9 heteroatoms. The molecule has 0 radical (unpaired) electrons. The van der Waals surface area contributed by atoms with E-state index >= 15 is 0 Å². The van der Waals surface area contributed by atoms with Crippen LogP contribution >= 0.6 is 23.2 Å². The summed E-state index contributed by atoms with van der Waals surface area (Å²) in [5.74, 6) is 1.39. The van der Waals surface area contributed by atoms with Crippen LogP contribution in [0.2, 0.25) is 10.6 Å². The molecular formula is C12H11Cl2N5O2. The Labute approximate surface area is 130 Å². The minimum Gasteiger partial charge on any atom is -0.493 e. The molecule has 0 bridgehead atoms. The van der Waals surface area contributed by atoms with Gasteiger partial charge in [0.2, 0.25) is 16.5 Å². The number of ether oxygens (including phenoxy) is 2. The Morgan fingerprint density at radius 2 is 1.71 bits per heavy atom. The van der Waals surface area contributed by atoms with E-state index in [1.54, 1.807) is 32.6 Å². The molecule has 0 amide bonds. The Hall–Kier alpha value is -2.12. The molecule has 7 nitrogen and oxygen atoms in total. The van der Waals surface area contributed by atoms with Gasteiger partial charge in [0.1, 0.15) is 0 Å². The Morgan fingerprint density at radius 1 is 1.05 bits per heavy atom. The van der Waals surface area contributed by atoms with Gasteiger partial charge in [0.05, 0.1) is 20.4 Å². The zero-order valence-electron chi connectivity index (χ0n) is 11.2. The molecule has 1 aromatic carbocycles. The van der Waals surface area contributed by atoms with Crippen LogP contribution < -0.4 is 14.9 Å². The van der Waals surface area contributed by atoms with Crippen LogP contribution in [0.3, 0.4) is 0 Å². The summed E-state index contributed by atoms with van der Waals surface area (Å²) in [5, 5.41) is 3.95. The molecule has 0 atom stereocenters. The van der Waals surface area contributed by atoms with Crippen molar-refractivity contribution in [2.24, 2.45) is 5.10 Å². The summed E-state index contributed by atoms with van der Waals surface area (Å²) in [6.07, 6.45) is 1.56. The molecule has 1 aromatic heterocycles.